The van der Waals surface area contributed by atoms with E-state index in [-0.39, 0.29) is 17.4 Å². The Morgan fingerprint density at radius 1 is 1.00 bits per heavy atom. The summed E-state index contributed by atoms with van der Waals surface area (Å²) in [5.74, 6) is -0.322. The Morgan fingerprint density at radius 2 is 1.68 bits per heavy atom. The zero-order valence-electron chi connectivity index (χ0n) is 9.90. The SMILES string of the molecule is O=C(CCl)c1ccc(C(=O)c2ccccc2)c(Br)c1. The Kier molecular flexibility index (Phi) is 4.51. The van der Waals surface area contributed by atoms with Gasteiger partial charge in [-0.3, -0.25) is 9.59 Å². The number of ketones is 2. The second-order valence-corrected chi connectivity index (χ2v) is 5.07. The fraction of sp³-hybridized carbons (Fsp3) is 0.0667. The first-order valence-corrected chi connectivity index (χ1v) is 6.94. The number of carbonyl (C=O) groups is 2. The lowest BCUT2D eigenvalue weighted by Crippen LogP contribution is -2.05. The van der Waals surface area contributed by atoms with Gasteiger partial charge in [0.05, 0.1) is 5.88 Å². The molecule has 2 aromatic carbocycles. The van der Waals surface area contributed by atoms with E-state index >= 15 is 0 Å². The molecule has 0 unspecified atom stereocenters. The Balaban J connectivity index is 2.37. The van der Waals surface area contributed by atoms with Crippen LogP contribution in [-0.4, -0.2) is 17.4 Å². The molecule has 0 radical (unpaired) electrons. The third-order valence-corrected chi connectivity index (χ3v) is 3.59. The van der Waals surface area contributed by atoms with Gasteiger partial charge in [0.15, 0.2) is 11.6 Å². The molecule has 4 heteroatoms. The van der Waals surface area contributed by atoms with Crippen molar-refractivity contribution in [2.24, 2.45) is 0 Å². The molecular formula is C15H10BrClO2. The predicted octanol–water partition coefficient (Wildman–Crippen LogP) is 4.10. The van der Waals surface area contributed by atoms with Crippen LogP contribution in [-0.2, 0) is 0 Å². The van der Waals surface area contributed by atoms with Crippen LogP contribution in [0.4, 0.5) is 0 Å². The molecule has 0 saturated heterocycles. The van der Waals surface area contributed by atoms with Gasteiger partial charge in [0.25, 0.3) is 0 Å². The first-order chi connectivity index (χ1) is 9.13. The van der Waals surface area contributed by atoms with Crippen LogP contribution in [0.2, 0.25) is 0 Å². The highest BCUT2D eigenvalue weighted by molar-refractivity contribution is 9.10. The van der Waals surface area contributed by atoms with Gasteiger partial charge in [-0.05, 0) is 12.1 Å². The van der Waals surface area contributed by atoms with E-state index in [9.17, 15) is 9.59 Å². The number of Topliss-reactive ketones (excluding diaryl/α,β-unsaturated/α-hetero) is 1. The van der Waals surface area contributed by atoms with Crippen LogP contribution in [0.1, 0.15) is 26.3 Å². The molecule has 0 aliphatic heterocycles. The molecule has 2 aromatic rings. The number of carbonyl (C=O) groups excluding carboxylic acids is 2. The van der Waals surface area contributed by atoms with Crippen LogP contribution in [0.15, 0.2) is 53.0 Å². The Bertz CT molecular complexity index is 623. The van der Waals surface area contributed by atoms with E-state index in [1.807, 2.05) is 18.2 Å². The summed E-state index contributed by atoms with van der Waals surface area (Å²) in [6.07, 6.45) is 0. The van der Waals surface area contributed by atoms with Gasteiger partial charge in [0, 0.05) is 21.2 Å². The summed E-state index contributed by atoms with van der Waals surface area (Å²) in [7, 11) is 0. The van der Waals surface area contributed by atoms with Crippen molar-refractivity contribution in [3.05, 3.63) is 69.7 Å². The average Bonchev–Trinajstić information content (AvgIpc) is 2.46. The third-order valence-electron chi connectivity index (χ3n) is 2.69. The lowest BCUT2D eigenvalue weighted by atomic mass is 10.0. The van der Waals surface area contributed by atoms with Crippen LogP contribution in [0, 0.1) is 0 Å². The Morgan fingerprint density at radius 3 is 2.26 bits per heavy atom. The summed E-state index contributed by atoms with van der Waals surface area (Å²) in [6, 6.07) is 13.9. The number of hydrogen-bond acceptors (Lipinski definition) is 2. The molecule has 0 N–H and O–H groups in total. The second-order valence-electron chi connectivity index (χ2n) is 3.95. The fourth-order valence-corrected chi connectivity index (χ4v) is 2.41. The highest BCUT2D eigenvalue weighted by Gasteiger charge is 2.14. The summed E-state index contributed by atoms with van der Waals surface area (Å²) in [6.45, 7) is 0. The second kappa shape index (κ2) is 6.13. The van der Waals surface area contributed by atoms with Gasteiger partial charge in [0.2, 0.25) is 0 Å². The van der Waals surface area contributed by atoms with E-state index < -0.39 is 0 Å². The summed E-state index contributed by atoms with van der Waals surface area (Å²) < 4.78 is 0.595. The molecule has 2 rings (SSSR count). The number of benzene rings is 2. The van der Waals surface area contributed by atoms with E-state index in [1.165, 1.54) is 0 Å². The molecule has 0 bridgehead atoms. The van der Waals surface area contributed by atoms with E-state index in [0.717, 1.165) is 0 Å². The van der Waals surface area contributed by atoms with Gasteiger partial charge in [-0.2, -0.15) is 0 Å². The quantitative estimate of drug-likeness (QED) is 0.622. The molecule has 0 heterocycles. The summed E-state index contributed by atoms with van der Waals surface area (Å²) >= 11 is 8.83. The molecule has 96 valence electrons. The summed E-state index contributed by atoms with van der Waals surface area (Å²) in [5.41, 5.74) is 1.63. The number of rotatable bonds is 4. The molecule has 0 aromatic heterocycles. The van der Waals surface area contributed by atoms with Crippen molar-refractivity contribution in [1.29, 1.82) is 0 Å². The van der Waals surface area contributed by atoms with Crippen LogP contribution >= 0.6 is 27.5 Å². The van der Waals surface area contributed by atoms with Crippen molar-refractivity contribution in [1.82, 2.24) is 0 Å². The minimum atomic E-state index is -0.166. The highest BCUT2D eigenvalue weighted by Crippen LogP contribution is 2.22. The lowest BCUT2D eigenvalue weighted by Gasteiger charge is -2.05. The van der Waals surface area contributed by atoms with Crippen molar-refractivity contribution < 1.29 is 9.59 Å². The minimum Gasteiger partial charge on any atom is -0.293 e. The number of hydrogen-bond donors (Lipinski definition) is 0. The smallest absolute Gasteiger partial charge is 0.194 e. The van der Waals surface area contributed by atoms with Gasteiger partial charge in [0.1, 0.15) is 0 Å². The van der Waals surface area contributed by atoms with E-state index in [4.69, 9.17) is 11.6 Å². The van der Waals surface area contributed by atoms with Crippen molar-refractivity contribution in [3.63, 3.8) is 0 Å². The maximum absolute atomic E-state index is 12.3. The molecule has 0 aliphatic carbocycles. The van der Waals surface area contributed by atoms with Gasteiger partial charge in [-0.25, -0.2) is 0 Å². The molecule has 19 heavy (non-hydrogen) atoms. The van der Waals surface area contributed by atoms with Crippen LogP contribution < -0.4 is 0 Å². The zero-order chi connectivity index (χ0) is 13.8. The molecule has 0 saturated carbocycles. The maximum atomic E-state index is 12.3. The summed E-state index contributed by atoms with van der Waals surface area (Å²) in [5, 5.41) is 0. The zero-order valence-corrected chi connectivity index (χ0v) is 12.2. The lowest BCUT2D eigenvalue weighted by molar-refractivity contribution is 0.101. The van der Waals surface area contributed by atoms with Crippen LogP contribution in [0.3, 0.4) is 0 Å². The van der Waals surface area contributed by atoms with Crippen molar-refractivity contribution in [2.45, 2.75) is 0 Å². The first kappa shape index (κ1) is 14.0. The van der Waals surface area contributed by atoms with Crippen molar-refractivity contribution in [3.8, 4) is 0 Å². The molecule has 2 nitrogen and oxygen atoms in total. The normalized spacial score (nSPS) is 10.2. The Labute approximate surface area is 124 Å². The van der Waals surface area contributed by atoms with Crippen molar-refractivity contribution >= 4 is 39.1 Å². The van der Waals surface area contributed by atoms with E-state index in [2.05, 4.69) is 15.9 Å². The minimum absolute atomic E-state index is 0.0710. The molecule has 0 aliphatic rings. The number of alkyl halides is 1. The predicted molar refractivity (Wildman–Crippen MR) is 79.1 cm³/mol. The van der Waals surface area contributed by atoms with Gasteiger partial charge < -0.3 is 0 Å². The largest absolute Gasteiger partial charge is 0.293 e. The maximum Gasteiger partial charge on any atom is 0.194 e. The summed E-state index contributed by atoms with van der Waals surface area (Å²) in [4.78, 5) is 23.8. The standard InChI is InChI=1S/C15H10BrClO2/c16-13-8-11(14(18)9-17)6-7-12(13)15(19)10-4-2-1-3-5-10/h1-8H,9H2. The van der Waals surface area contributed by atoms with Crippen molar-refractivity contribution in [2.75, 3.05) is 5.88 Å². The van der Waals surface area contributed by atoms with Crippen LogP contribution in [0.5, 0.6) is 0 Å². The van der Waals surface area contributed by atoms with E-state index in [0.29, 0.717) is 21.2 Å². The topological polar surface area (TPSA) is 34.1 Å². The molecule has 0 spiro atoms. The highest BCUT2D eigenvalue weighted by atomic mass is 79.9. The fourth-order valence-electron chi connectivity index (χ4n) is 1.69. The first-order valence-electron chi connectivity index (χ1n) is 5.62. The molecule has 0 atom stereocenters. The molecule has 0 amide bonds. The molecule has 0 fully saturated rings. The molecular weight excluding hydrogens is 328 g/mol. The van der Waals surface area contributed by atoms with E-state index in [1.54, 1.807) is 30.3 Å². The monoisotopic (exact) mass is 336 g/mol. The average molecular weight is 338 g/mol. The van der Waals surface area contributed by atoms with Gasteiger partial charge >= 0.3 is 0 Å². The van der Waals surface area contributed by atoms with Crippen LogP contribution in [0.25, 0.3) is 0 Å². The van der Waals surface area contributed by atoms with Gasteiger partial charge in [-0.15, -0.1) is 11.6 Å². The van der Waals surface area contributed by atoms with Gasteiger partial charge in [-0.1, -0.05) is 52.3 Å². The Hall–Kier alpha value is -1.45. The third kappa shape index (κ3) is 3.11. The number of halogens is 2.